The van der Waals surface area contributed by atoms with Crippen molar-refractivity contribution in [3.05, 3.63) is 75.8 Å². The zero-order valence-electron chi connectivity index (χ0n) is 15.3. The van der Waals surface area contributed by atoms with Crippen LogP contribution in [-0.2, 0) is 28.9 Å². The summed E-state index contributed by atoms with van der Waals surface area (Å²) in [4.78, 5) is 12.4. The predicted molar refractivity (Wildman–Crippen MR) is 110 cm³/mol. The van der Waals surface area contributed by atoms with Crippen LogP contribution < -0.4 is 4.72 Å². The number of rotatable bonds is 6. The molecule has 1 N–H and O–H groups in total. The summed E-state index contributed by atoms with van der Waals surface area (Å²) in [6.07, 6.45) is 1.06. The van der Waals surface area contributed by atoms with Gasteiger partial charge in [-0.15, -0.1) is 0 Å². The maximum Gasteiger partial charge on any atom is 0.359 e. The van der Waals surface area contributed by atoms with Gasteiger partial charge in [0.2, 0.25) is 15.8 Å². The van der Waals surface area contributed by atoms with Gasteiger partial charge >= 0.3 is 7.60 Å². The van der Waals surface area contributed by atoms with Gasteiger partial charge in [0.05, 0.1) is 9.93 Å². The van der Waals surface area contributed by atoms with Crippen LogP contribution >= 0.6 is 30.8 Å². The van der Waals surface area contributed by atoms with Crippen LogP contribution in [0.5, 0.6) is 0 Å². The van der Waals surface area contributed by atoms with E-state index >= 15 is 0 Å². The van der Waals surface area contributed by atoms with E-state index in [9.17, 15) is 17.8 Å². The number of nitrogens with one attached hydrogen (secondary N) is 1. The summed E-state index contributed by atoms with van der Waals surface area (Å²) in [7, 11) is -6.29. The highest BCUT2D eigenvalue weighted by atomic mass is 35.5. The summed E-state index contributed by atoms with van der Waals surface area (Å²) in [5.41, 5.74) is 0.173. The molecule has 29 heavy (non-hydrogen) atoms. The van der Waals surface area contributed by atoms with Crippen LogP contribution in [0.4, 0.5) is 0 Å². The van der Waals surface area contributed by atoms with Gasteiger partial charge in [0.1, 0.15) is 0 Å². The Balaban J connectivity index is 2.31. The van der Waals surface area contributed by atoms with E-state index in [-0.39, 0.29) is 21.1 Å². The molecule has 0 spiro atoms. The first-order valence-electron chi connectivity index (χ1n) is 8.14. The first-order chi connectivity index (χ1) is 13.6. The molecule has 0 amide bonds. The molecule has 0 saturated carbocycles. The fourth-order valence-electron chi connectivity index (χ4n) is 3.08. The SMILES string of the molecule is COP(=O)(OC)C1(NS(=O)(=O)c2ccc(Cl)cc2)C=C(Cl)C(=O)c2ccccc21. The molecule has 1 aliphatic carbocycles. The topological polar surface area (TPSA) is 98.8 Å². The van der Waals surface area contributed by atoms with Crippen molar-refractivity contribution < 1.29 is 26.8 Å². The van der Waals surface area contributed by atoms with Crippen molar-refractivity contribution in [1.29, 1.82) is 0 Å². The molecule has 0 bridgehead atoms. The number of fused-ring (bicyclic) bond motifs is 1. The molecule has 0 saturated heterocycles. The lowest BCUT2D eigenvalue weighted by molar-refractivity contribution is 0.103. The predicted octanol–water partition coefficient (Wildman–Crippen LogP) is 4.28. The third kappa shape index (κ3) is 3.70. The molecule has 0 radical (unpaired) electrons. The van der Waals surface area contributed by atoms with Crippen LogP contribution in [0.2, 0.25) is 5.02 Å². The molecule has 3 rings (SSSR count). The molecule has 1 aliphatic rings. The van der Waals surface area contributed by atoms with Crippen LogP contribution in [0.3, 0.4) is 0 Å². The Labute approximate surface area is 178 Å². The number of hydrogen-bond donors (Lipinski definition) is 1. The van der Waals surface area contributed by atoms with Crippen LogP contribution in [0.1, 0.15) is 15.9 Å². The van der Waals surface area contributed by atoms with Gasteiger partial charge in [-0.3, -0.25) is 9.36 Å². The largest absolute Gasteiger partial charge is 0.359 e. The number of benzene rings is 2. The van der Waals surface area contributed by atoms with Crippen molar-refractivity contribution in [1.82, 2.24) is 4.72 Å². The van der Waals surface area contributed by atoms with Crippen molar-refractivity contribution in [2.45, 2.75) is 10.2 Å². The summed E-state index contributed by atoms with van der Waals surface area (Å²) in [5.74, 6) is -0.540. The fraction of sp³-hybridized carbons (Fsp3) is 0.167. The second kappa shape index (κ2) is 7.96. The van der Waals surface area contributed by atoms with E-state index in [4.69, 9.17) is 32.2 Å². The number of carbonyl (C=O) groups is 1. The van der Waals surface area contributed by atoms with E-state index in [2.05, 4.69) is 4.72 Å². The minimum atomic E-state index is -4.28. The quantitative estimate of drug-likeness (QED) is 0.626. The van der Waals surface area contributed by atoms with E-state index in [1.165, 1.54) is 36.4 Å². The minimum absolute atomic E-state index is 0.0770. The highest BCUT2D eigenvalue weighted by Gasteiger charge is 2.56. The number of Topliss-reactive ketones (excluding diaryl/α,β-unsaturated/α-hetero) is 1. The van der Waals surface area contributed by atoms with E-state index in [0.29, 0.717) is 5.02 Å². The Morgan fingerprint density at radius 2 is 1.59 bits per heavy atom. The normalized spacial score (nSPS) is 19.6. The van der Waals surface area contributed by atoms with E-state index in [1.54, 1.807) is 12.1 Å². The fourth-order valence-corrected chi connectivity index (χ4v) is 7.04. The zero-order valence-corrected chi connectivity index (χ0v) is 18.5. The van der Waals surface area contributed by atoms with Gasteiger partial charge in [-0.1, -0.05) is 47.5 Å². The maximum atomic E-state index is 13.6. The van der Waals surface area contributed by atoms with Gasteiger partial charge in [-0.05, 0) is 30.3 Å². The second-order valence-corrected chi connectivity index (χ2v) is 11.0. The highest BCUT2D eigenvalue weighted by Crippen LogP contribution is 2.65. The van der Waals surface area contributed by atoms with Gasteiger partial charge < -0.3 is 9.05 Å². The van der Waals surface area contributed by atoms with Crippen LogP contribution in [-0.4, -0.2) is 28.4 Å². The average Bonchev–Trinajstić information content (AvgIpc) is 2.71. The second-order valence-electron chi connectivity index (χ2n) is 6.06. The van der Waals surface area contributed by atoms with Gasteiger partial charge in [0, 0.05) is 30.4 Å². The first kappa shape index (κ1) is 22.2. The van der Waals surface area contributed by atoms with Crippen LogP contribution in [0.25, 0.3) is 0 Å². The van der Waals surface area contributed by atoms with E-state index in [0.717, 1.165) is 20.3 Å². The molecule has 2 aromatic carbocycles. The molecule has 0 aromatic heterocycles. The molecule has 11 heteroatoms. The van der Waals surface area contributed by atoms with Gasteiger partial charge in [0.15, 0.2) is 5.28 Å². The van der Waals surface area contributed by atoms with Crippen molar-refractivity contribution in [2.75, 3.05) is 14.2 Å². The van der Waals surface area contributed by atoms with Gasteiger partial charge in [0.25, 0.3) is 0 Å². The summed E-state index contributed by atoms with van der Waals surface area (Å²) in [5, 5.41) is -2.05. The minimum Gasteiger partial charge on any atom is -0.310 e. The van der Waals surface area contributed by atoms with Crippen molar-refractivity contribution in [2.24, 2.45) is 0 Å². The number of carbonyl (C=O) groups excluding carboxylic acids is 1. The number of halogens is 2. The lowest BCUT2D eigenvalue weighted by Crippen LogP contribution is -2.47. The van der Waals surface area contributed by atoms with E-state index < -0.39 is 28.7 Å². The highest BCUT2D eigenvalue weighted by molar-refractivity contribution is 7.90. The van der Waals surface area contributed by atoms with Crippen molar-refractivity contribution in [3.8, 4) is 0 Å². The number of hydrogen-bond acceptors (Lipinski definition) is 6. The molecular weight excluding hydrogens is 460 g/mol. The molecular formula is C18H16Cl2NO6PS. The van der Waals surface area contributed by atoms with E-state index in [1.807, 2.05) is 0 Å². The average molecular weight is 476 g/mol. The van der Waals surface area contributed by atoms with Crippen molar-refractivity contribution in [3.63, 3.8) is 0 Å². The smallest absolute Gasteiger partial charge is 0.310 e. The third-order valence-corrected chi connectivity index (χ3v) is 8.94. The third-order valence-electron chi connectivity index (χ3n) is 4.46. The summed E-state index contributed by atoms with van der Waals surface area (Å²) in [6, 6.07) is 11.4. The molecule has 7 nitrogen and oxygen atoms in total. The maximum absolute atomic E-state index is 13.6. The Kier molecular flexibility index (Phi) is 6.09. The summed E-state index contributed by atoms with van der Waals surface area (Å²) >= 11 is 12.0. The Morgan fingerprint density at radius 1 is 1.00 bits per heavy atom. The van der Waals surface area contributed by atoms with Gasteiger partial charge in [-0.2, -0.15) is 4.72 Å². The molecule has 0 aliphatic heterocycles. The molecule has 2 aromatic rings. The molecule has 154 valence electrons. The zero-order chi connectivity index (χ0) is 21.4. The standard InChI is InChI=1S/C18H16Cl2NO6PS/c1-26-28(23,27-2)18(21-29(24,25)13-9-7-12(19)8-10-13)11-16(20)17(22)14-5-3-4-6-15(14)18/h3-11,21H,1-2H3. The Morgan fingerprint density at radius 3 is 2.17 bits per heavy atom. The Bertz CT molecular complexity index is 1140. The number of ketones is 1. The molecule has 1 atom stereocenters. The van der Waals surface area contributed by atoms with Crippen molar-refractivity contribution >= 4 is 46.6 Å². The Hall–Kier alpha value is -1.51. The number of sulfonamides is 1. The summed E-state index contributed by atoms with van der Waals surface area (Å²) < 4.78 is 52.6. The lowest BCUT2D eigenvalue weighted by Gasteiger charge is -2.39. The molecule has 0 fully saturated rings. The first-order valence-corrected chi connectivity index (χ1v) is 11.9. The molecule has 1 unspecified atom stereocenters. The summed E-state index contributed by atoms with van der Waals surface area (Å²) in [6.45, 7) is 0. The number of allylic oxidation sites excluding steroid dienone is 1. The van der Waals surface area contributed by atoms with Crippen LogP contribution in [0, 0.1) is 0 Å². The monoisotopic (exact) mass is 475 g/mol. The van der Waals surface area contributed by atoms with Gasteiger partial charge in [-0.25, -0.2) is 8.42 Å². The van der Waals surface area contributed by atoms with Crippen LogP contribution in [0.15, 0.2) is 64.5 Å². The molecule has 0 heterocycles. The lowest BCUT2D eigenvalue weighted by atomic mass is 9.92.